The Bertz CT molecular complexity index is 834. The van der Waals surface area contributed by atoms with Crippen LogP contribution in [-0.4, -0.2) is 34.9 Å². The number of aliphatic hydroxyl groups excluding tert-OH is 2. The van der Waals surface area contributed by atoms with Crippen LogP contribution in [0.4, 0.5) is 0 Å². The van der Waals surface area contributed by atoms with Gasteiger partial charge in [-0.1, -0.05) is 335 Å². The van der Waals surface area contributed by atoms with Crippen LogP contribution in [0.15, 0.2) is 0 Å². The summed E-state index contributed by atoms with van der Waals surface area (Å²) in [7, 11) is 0. The van der Waals surface area contributed by atoms with Gasteiger partial charge in [-0.05, 0) is 12.8 Å². The number of carbonyl (C=O) groups excluding carboxylic acids is 1. The van der Waals surface area contributed by atoms with Crippen molar-refractivity contribution in [3.05, 3.63) is 0 Å². The Hall–Kier alpha value is -0.610. The van der Waals surface area contributed by atoms with Gasteiger partial charge in [-0.25, -0.2) is 0 Å². The summed E-state index contributed by atoms with van der Waals surface area (Å²) in [4.78, 5) is 12.5. The van der Waals surface area contributed by atoms with E-state index < -0.39 is 12.1 Å². The van der Waals surface area contributed by atoms with Gasteiger partial charge in [-0.3, -0.25) is 4.79 Å². The first-order chi connectivity index (χ1) is 31.2. The van der Waals surface area contributed by atoms with E-state index in [1.54, 1.807) is 0 Å². The molecule has 378 valence electrons. The molecule has 63 heavy (non-hydrogen) atoms. The summed E-state index contributed by atoms with van der Waals surface area (Å²) < 4.78 is 0. The van der Waals surface area contributed by atoms with Crippen LogP contribution in [0.2, 0.25) is 0 Å². The topological polar surface area (TPSA) is 69.6 Å². The number of hydrogen-bond donors (Lipinski definition) is 3. The lowest BCUT2D eigenvalue weighted by atomic mass is 10.0. The van der Waals surface area contributed by atoms with Gasteiger partial charge in [-0.2, -0.15) is 0 Å². The van der Waals surface area contributed by atoms with Crippen LogP contribution in [0.5, 0.6) is 0 Å². The van der Waals surface area contributed by atoms with Gasteiger partial charge in [0, 0.05) is 6.42 Å². The Labute approximate surface area is 397 Å². The molecule has 0 aliphatic carbocycles. The SMILES string of the molecule is CCCCCCCCCCCCCCCCCCCCCCCCCCCCCC(=O)NC(CO)C(O)CCCCCCCCCCCCCCCCCCCCCCCCCC. The molecule has 0 aromatic rings. The van der Waals surface area contributed by atoms with E-state index in [9.17, 15) is 15.0 Å². The summed E-state index contributed by atoms with van der Waals surface area (Å²) in [6.45, 7) is 4.41. The van der Waals surface area contributed by atoms with E-state index >= 15 is 0 Å². The molecule has 0 bridgehead atoms. The van der Waals surface area contributed by atoms with Crippen LogP contribution in [0, 0.1) is 0 Å². The maximum atomic E-state index is 12.5. The van der Waals surface area contributed by atoms with E-state index in [-0.39, 0.29) is 12.5 Å². The molecule has 4 nitrogen and oxygen atoms in total. The van der Waals surface area contributed by atoms with Gasteiger partial charge in [0.25, 0.3) is 0 Å². The molecule has 0 rings (SSSR count). The van der Waals surface area contributed by atoms with Crippen molar-refractivity contribution in [1.82, 2.24) is 5.32 Å². The van der Waals surface area contributed by atoms with Crippen LogP contribution in [0.1, 0.15) is 354 Å². The van der Waals surface area contributed by atoms with E-state index in [0.29, 0.717) is 12.8 Å². The average Bonchev–Trinajstić information content (AvgIpc) is 3.29. The summed E-state index contributed by atoms with van der Waals surface area (Å²) in [6.07, 6.45) is 71.1. The van der Waals surface area contributed by atoms with Crippen LogP contribution < -0.4 is 5.32 Å². The van der Waals surface area contributed by atoms with Crippen molar-refractivity contribution >= 4 is 5.91 Å². The highest BCUT2D eigenvalue weighted by Crippen LogP contribution is 2.19. The molecule has 0 aliphatic heterocycles. The summed E-state index contributed by atoms with van der Waals surface area (Å²) in [5.74, 6) is -0.0210. The molecule has 0 aromatic heterocycles. The molecular weight excluding hydrogens is 771 g/mol. The third kappa shape index (κ3) is 52.2. The Morgan fingerprint density at radius 2 is 0.508 bits per heavy atom. The highest BCUT2D eigenvalue weighted by molar-refractivity contribution is 5.76. The first-order valence-electron chi connectivity index (χ1n) is 29.7. The van der Waals surface area contributed by atoms with Crippen LogP contribution in [0.25, 0.3) is 0 Å². The minimum absolute atomic E-state index is 0.0210. The Morgan fingerprint density at radius 1 is 0.317 bits per heavy atom. The van der Waals surface area contributed by atoms with E-state index in [1.807, 2.05) is 0 Å². The quantitative estimate of drug-likeness (QED) is 0.0533. The molecule has 0 fully saturated rings. The first-order valence-corrected chi connectivity index (χ1v) is 29.7. The Balaban J connectivity index is 3.39. The maximum absolute atomic E-state index is 12.5. The number of hydrogen-bond acceptors (Lipinski definition) is 3. The van der Waals surface area contributed by atoms with E-state index in [4.69, 9.17) is 0 Å². The van der Waals surface area contributed by atoms with Crippen molar-refractivity contribution in [1.29, 1.82) is 0 Å². The second-order valence-electron chi connectivity index (χ2n) is 20.8. The van der Waals surface area contributed by atoms with Gasteiger partial charge in [0.05, 0.1) is 18.8 Å². The van der Waals surface area contributed by atoms with Gasteiger partial charge in [0.15, 0.2) is 0 Å². The van der Waals surface area contributed by atoms with Crippen LogP contribution in [0.3, 0.4) is 0 Å². The number of rotatable bonds is 56. The second kappa shape index (κ2) is 55.7. The zero-order valence-electron chi connectivity index (χ0n) is 43.6. The largest absolute Gasteiger partial charge is 0.394 e. The third-order valence-corrected chi connectivity index (χ3v) is 14.4. The number of amides is 1. The molecule has 0 aromatic carbocycles. The molecule has 2 unspecified atom stereocenters. The molecule has 0 spiro atoms. The average molecular weight is 891 g/mol. The molecule has 0 aliphatic rings. The van der Waals surface area contributed by atoms with Crippen molar-refractivity contribution in [2.75, 3.05) is 6.61 Å². The lowest BCUT2D eigenvalue weighted by Gasteiger charge is -2.22. The highest BCUT2D eigenvalue weighted by Gasteiger charge is 2.20. The van der Waals surface area contributed by atoms with Crippen molar-refractivity contribution in [3.63, 3.8) is 0 Å². The summed E-state index contributed by atoms with van der Waals surface area (Å²) in [5, 5.41) is 23.4. The first kappa shape index (κ1) is 62.4. The maximum Gasteiger partial charge on any atom is 0.220 e. The highest BCUT2D eigenvalue weighted by atomic mass is 16.3. The standard InChI is InChI=1S/C59H119NO3/c1-3-5-7-9-11-13-15-17-19-21-23-25-27-29-30-31-33-35-37-39-41-43-45-47-49-51-53-55-59(63)60-57(56-61)58(62)54-52-50-48-46-44-42-40-38-36-34-32-28-26-24-22-20-18-16-14-12-10-8-6-4-2/h57-58,61-62H,3-56H2,1-2H3,(H,60,63). The zero-order chi connectivity index (χ0) is 45.6. The number of nitrogens with one attached hydrogen (secondary N) is 1. The van der Waals surface area contributed by atoms with Crippen molar-refractivity contribution in [2.24, 2.45) is 0 Å². The van der Waals surface area contributed by atoms with Crippen LogP contribution >= 0.6 is 0 Å². The minimum Gasteiger partial charge on any atom is -0.394 e. The molecule has 0 radical (unpaired) electrons. The monoisotopic (exact) mass is 890 g/mol. The Kier molecular flexibility index (Phi) is 55.2. The smallest absolute Gasteiger partial charge is 0.220 e. The summed E-state index contributed by atoms with van der Waals surface area (Å²) >= 11 is 0. The van der Waals surface area contributed by atoms with Gasteiger partial charge >= 0.3 is 0 Å². The third-order valence-electron chi connectivity index (χ3n) is 14.4. The number of aliphatic hydroxyl groups is 2. The zero-order valence-corrected chi connectivity index (χ0v) is 43.6. The molecule has 4 heteroatoms. The molecule has 0 heterocycles. The number of carbonyl (C=O) groups is 1. The fourth-order valence-electron chi connectivity index (χ4n) is 9.84. The van der Waals surface area contributed by atoms with Crippen molar-refractivity contribution in [2.45, 2.75) is 366 Å². The van der Waals surface area contributed by atoms with E-state index in [1.165, 1.54) is 302 Å². The lowest BCUT2D eigenvalue weighted by Crippen LogP contribution is -2.45. The predicted molar refractivity (Wildman–Crippen MR) is 281 cm³/mol. The number of unbranched alkanes of at least 4 members (excludes halogenated alkanes) is 49. The van der Waals surface area contributed by atoms with Crippen molar-refractivity contribution < 1.29 is 15.0 Å². The molecular formula is C59H119NO3. The molecule has 0 saturated carbocycles. The van der Waals surface area contributed by atoms with E-state index in [0.717, 1.165) is 25.7 Å². The lowest BCUT2D eigenvalue weighted by molar-refractivity contribution is -0.123. The fourth-order valence-corrected chi connectivity index (χ4v) is 9.84. The van der Waals surface area contributed by atoms with Gasteiger partial charge < -0.3 is 15.5 Å². The fraction of sp³-hybridized carbons (Fsp3) is 0.983. The minimum atomic E-state index is -0.655. The van der Waals surface area contributed by atoms with Gasteiger partial charge in [-0.15, -0.1) is 0 Å². The molecule has 2 atom stereocenters. The second-order valence-corrected chi connectivity index (χ2v) is 20.8. The molecule has 0 saturated heterocycles. The Morgan fingerprint density at radius 3 is 0.714 bits per heavy atom. The van der Waals surface area contributed by atoms with Crippen molar-refractivity contribution in [3.8, 4) is 0 Å². The molecule has 1 amide bonds. The van der Waals surface area contributed by atoms with Crippen LogP contribution in [-0.2, 0) is 4.79 Å². The predicted octanol–water partition coefficient (Wildman–Crippen LogP) is 19.5. The van der Waals surface area contributed by atoms with E-state index in [2.05, 4.69) is 19.2 Å². The molecule has 3 N–H and O–H groups in total. The normalized spacial score (nSPS) is 12.6. The van der Waals surface area contributed by atoms with Gasteiger partial charge in [0.1, 0.15) is 0 Å². The summed E-state index contributed by atoms with van der Waals surface area (Å²) in [6, 6.07) is -0.532. The summed E-state index contributed by atoms with van der Waals surface area (Å²) in [5.41, 5.74) is 0. The van der Waals surface area contributed by atoms with Gasteiger partial charge in [0.2, 0.25) is 5.91 Å².